The second-order valence-electron chi connectivity index (χ2n) is 6.86. The number of aryl methyl sites for hydroxylation is 1. The van der Waals surface area contributed by atoms with Gasteiger partial charge in [0.05, 0.1) is 16.4 Å². The van der Waals surface area contributed by atoms with Crippen LogP contribution in [0.3, 0.4) is 0 Å². The lowest BCUT2D eigenvalue weighted by atomic mass is 10.1. The molecule has 0 saturated heterocycles. The second-order valence-corrected chi connectivity index (χ2v) is 10.4. The van der Waals surface area contributed by atoms with E-state index in [2.05, 4.69) is 0 Å². The van der Waals surface area contributed by atoms with Gasteiger partial charge in [-0.15, -0.1) is 0 Å². The van der Waals surface area contributed by atoms with Gasteiger partial charge >= 0.3 is 0 Å². The predicted molar refractivity (Wildman–Crippen MR) is 119 cm³/mol. The van der Waals surface area contributed by atoms with E-state index in [-0.39, 0.29) is 34.1 Å². The van der Waals surface area contributed by atoms with Crippen LogP contribution in [0.25, 0.3) is 0 Å². The first-order chi connectivity index (χ1) is 14.6. The number of nitrogens with one attached hydrogen (secondary N) is 1. The zero-order chi connectivity index (χ0) is 22.6. The molecule has 0 heterocycles. The molecule has 0 bridgehead atoms. The molecule has 3 rings (SSSR count). The molecule has 0 aliphatic rings. The number of rotatable bonds is 7. The summed E-state index contributed by atoms with van der Waals surface area (Å²) in [7, 11) is -7.96. The van der Waals surface area contributed by atoms with Gasteiger partial charge in [0.25, 0.3) is 10.1 Å². The van der Waals surface area contributed by atoms with Crippen LogP contribution in [0, 0.1) is 12.3 Å². The number of sulfone groups is 1. The van der Waals surface area contributed by atoms with Crippen molar-refractivity contribution in [1.82, 2.24) is 0 Å². The van der Waals surface area contributed by atoms with Gasteiger partial charge in [-0.05, 0) is 49.2 Å². The first-order valence-corrected chi connectivity index (χ1v) is 12.2. The molecule has 3 aromatic rings. The molecule has 0 aromatic heterocycles. The summed E-state index contributed by atoms with van der Waals surface area (Å²) in [5.74, 6) is 0. The zero-order valence-electron chi connectivity index (χ0n) is 16.8. The highest BCUT2D eigenvalue weighted by Crippen LogP contribution is 2.24. The fourth-order valence-corrected chi connectivity index (χ4v) is 5.05. The summed E-state index contributed by atoms with van der Waals surface area (Å²) < 4.78 is 55.2. The highest BCUT2D eigenvalue weighted by molar-refractivity contribution is 8.06. The summed E-state index contributed by atoms with van der Waals surface area (Å²) in [5, 5.41) is 7.60. The molecule has 0 aliphatic carbocycles. The number of benzene rings is 3. The maximum absolute atomic E-state index is 12.7. The van der Waals surface area contributed by atoms with Crippen molar-refractivity contribution in [2.24, 2.45) is 0 Å². The van der Waals surface area contributed by atoms with Crippen LogP contribution >= 0.6 is 0 Å². The molecule has 3 aromatic carbocycles. The first-order valence-electron chi connectivity index (χ1n) is 9.35. The summed E-state index contributed by atoms with van der Waals surface area (Å²) in [6.45, 7) is 1.67. The predicted octanol–water partition coefficient (Wildman–Crippen LogP) is 3.32. The fourth-order valence-electron chi connectivity index (χ4n) is 2.93. The van der Waals surface area contributed by atoms with Crippen molar-refractivity contribution in [3.63, 3.8) is 0 Å². The molecule has 0 amide bonds. The van der Waals surface area contributed by atoms with Gasteiger partial charge in [0.1, 0.15) is 0 Å². The molecule has 0 radical (unpaired) electrons. The second kappa shape index (κ2) is 9.01. The Hall–Kier alpha value is -3.01. The SMILES string of the molecule is Cc1ccc(S(=O)(=O)OCCc2cccc(C(=N)S(=O)(=O)c3ccccc3)c2N)cc1. The van der Waals surface area contributed by atoms with Crippen molar-refractivity contribution in [2.45, 2.75) is 23.1 Å². The number of hydrogen-bond donors (Lipinski definition) is 2. The van der Waals surface area contributed by atoms with E-state index in [0.717, 1.165) is 5.56 Å². The van der Waals surface area contributed by atoms with Crippen LogP contribution in [0.5, 0.6) is 0 Å². The highest BCUT2D eigenvalue weighted by Gasteiger charge is 2.25. The van der Waals surface area contributed by atoms with E-state index in [0.29, 0.717) is 5.56 Å². The van der Waals surface area contributed by atoms with E-state index in [9.17, 15) is 16.8 Å². The quantitative estimate of drug-likeness (QED) is 0.242. The Labute approximate surface area is 182 Å². The molecule has 3 N–H and O–H groups in total. The molecule has 31 heavy (non-hydrogen) atoms. The van der Waals surface area contributed by atoms with Crippen LogP contribution in [0.2, 0.25) is 0 Å². The van der Waals surface area contributed by atoms with Crippen LogP contribution in [-0.4, -0.2) is 28.5 Å². The van der Waals surface area contributed by atoms with Gasteiger partial charge in [0.15, 0.2) is 5.04 Å². The van der Waals surface area contributed by atoms with Gasteiger partial charge in [-0.25, -0.2) is 8.42 Å². The highest BCUT2D eigenvalue weighted by atomic mass is 32.2. The summed E-state index contributed by atoms with van der Waals surface area (Å²) >= 11 is 0. The van der Waals surface area contributed by atoms with Crippen LogP contribution in [0.1, 0.15) is 16.7 Å². The van der Waals surface area contributed by atoms with Crippen molar-refractivity contribution in [2.75, 3.05) is 12.3 Å². The molecule has 0 fully saturated rings. The Balaban J connectivity index is 1.77. The van der Waals surface area contributed by atoms with E-state index in [1.54, 1.807) is 42.5 Å². The van der Waals surface area contributed by atoms with E-state index in [4.69, 9.17) is 15.3 Å². The summed E-state index contributed by atoms with van der Waals surface area (Å²) in [4.78, 5) is 0.0490. The molecule has 162 valence electrons. The summed E-state index contributed by atoms with van der Waals surface area (Å²) in [6, 6.07) is 18.6. The van der Waals surface area contributed by atoms with Gasteiger partial charge < -0.3 is 5.73 Å². The third-order valence-corrected chi connectivity index (χ3v) is 7.66. The number of nitrogens with two attached hydrogens (primary N) is 1. The van der Waals surface area contributed by atoms with Gasteiger partial charge in [-0.3, -0.25) is 9.59 Å². The minimum atomic E-state index is -4.04. The summed E-state index contributed by atoms with van der Waals surface area (Å²) in [5.41, 5.74) is 7.70. The van der Waals surface area contributed by atoms with Crippen molar-refractivity contribution in [3.8, 4) is 0 Å². The van der Waals surface area contributed by atoms with Gasteiger partial charge in [0.2, 0.25) is 9.84 Å². The Morgan fingerprint density at radius 1 is 0.871 bits per heavy atom. The van der Waals surface area contributed by atoms with E-state index in [1.165, 1.54) is 30.3 Å². The normalized spacial score (nSPS) is 11.9. The minimum Gasteiger partial charge on any atom is -0.398 e. The Kier molecular flexibility index (Phi) is 6.59. The lowest BCUT2D eigenvalue weighted by Crippen LogP contribution is -2.18. The Bertz CT molecular complexity index is 1300. The smallest absolute Gasteiger partial charge is 0.296 e. The number of anilines is 1. The molecule has 0 unspecified atom stereocenters. The molecule has 0 saturated carbocycles. The fraction of sp³-hybridized carbons (Fsp3) is 0.136. The molecule has 7 nitrogen and oxygen atoms in total. The van der Waals surface area contributed by atoms with Crippen molar-refractivity contribution in [3.05, 3.63) is 89.5 Å². The number of nitrogen functional groups attached to an aromatic ring is 1. The average molecular weight is 459 g/mol. The van der Waals surface area contributed by atoms with E-state index < -0.39 is 25.0 Å². The molecule has 0 spiro atoms. The van der Waals surface area contributed by atoms with Gasteiger partial charge in [0, 0.05) is 11.3 Å². The lowest BCUT2D eigenvalue weighted by Gasteiger charge is -2.13. The van der Waals surface area contributed by atoms with Crippen LogP contribution in [-0.2, 0) is 30.6 Å². The average Bonchev–Trinajstić information content (AvgIpc) is 2.75. The van der Waals surface area contributed by atoms with E-state index in [1.807, 2.05) is 6.92 Å². The van der Waals surface area contributed by atoms with Crippen molar-refractivity contribution >= 4 is 30.7 Å². The number of para-hydroxylation sites is 1. The molecular weight excluding hydrogens is 436 g/mol. The monoisotopic (exact) mass is 458 g/mol. The molecule has 0 atom stereocenters. The minimum absolute atomic E-state index is 0.00247. The summed E-state index contributed by atoms with van der Waals surface area (Å²) in [6.07, 6.45) is 0.128. The number of hydrogen-bond acceptors (Lipinski definition) is 7. The maximum atomic E-state index is 12.7. The zero-order valence-corrected chi connectivity index (χ0v) is 18.4. The van der Waals surface area contributed by atoms with Crippen molar-refractivity contribution in [1.29, 1.82) is 5.41 Å². The standard InChI is InChI=1S/C22H22N2O5S2/c1-16-10-12-19(13-11-16)31(27,28)29-15-14-17-6-5-9-20(21(17)23)22(24)30(25,26)18-7-3-2-4-8-18/h2-13,24H,14-15,23H2,1H3. The maximum Gasteiger partial charge on any atom is 0.296 e. The molecule has 0 aliphatic heterocycles. The van der Waals surface area contributed by atoms with Crippen LogP contribution in [0.15, 0.2) is 82.6 Å². The Morgan fingerprint density at radius 3 is 2.16 bits per heavy atom. The van der Waals surface area contributed by atoms with E-state index >= 15 is 0 Å². The first kappa shape index (κ1) is 22.7. The lowest BCUT2D eigenvalue weighted by molar-refractivity contribution is 0.322. The van der Waals surface area contributed by atoms with Crippen LogP contribution < -0.4 is 5.73 Å². The third kappa shape index (κ3) is 5.01. The Morgan fingerprint density at radius 2 is 1.52 bits per heavy atom. The molecular formula is C22H22N2O5S2. The third-order valence-electron chi connectivity index (χ3n) is 4.68. The van der Waals surface area contributed by atoms with Gasteiger partial charge in [-0.1, -0.05) is 48.0 Å². The van der Waals surface area contributed by atoms with Crippen molar-refractivity contribution < 1.29 is 21.0 Å². The largest absolute Gasteiger partial charge is 0.398 e. The molecule has 9 heteroatoms. The van der Waals surface area contributed by atoms with Gasteiger partial charge in [-0.2, -0.15) is 8.42 Å². The van der Waals surface area contributed by atoms with Crippen LogP contribution in [0.4, 0.5) is 5.69 Å². The topological polar surface area (TPSA) is 127 Å².